The van der Waals surface area contributed by atoms with Crippen molar-refractivity contribution in [1.82, 2.24) is 10.2 Å². The summed E-state index contributed by atoms with van der Waals surface area (Å²) in [6, 6.07) is 9.81. The topological polar surface area (TPSA) is 15.3 Å². The molecule has 112 valence electrons. The first kappa shape index (κ1) is 15.5. The van der Waals surface area contributed by atoms with Crippen molar-refractivity contribution in [2.24, 2.45) is 5.92 Å². The van der Waals surface area contributed by atoms with Gasteiger partial charge in [-0.25, -0.2) is 0 Å². The number of hydrogen-bond donors (Lipinski definition) is 1. The van der Waals surface area contributed by atoms with Crippen molar-refractivity contribution in [3.63, 3.8) is 0 Å². The maximum atomic E-state index is 3.72. The molecule has 0 aliphatic carbocycles. The molecular weight excluding hydrogens is 244 g/mol. The molecule has 1 aromatic rings. The minimum absolute atomic E-state index is 0.666. The van der Waals surface area contributed by atoms with E-state index in [1.54, 1.807) is 0 Å². The van der Waals surface area contributed by atoms with Crippen LogP contribution in [0.15, 0.2) is 24.3 Å². The van der Waals surface area contributed by atoms with Crippen molar-refractivity contribution >= 4 is 0 Å². The summed E-state index contributed by atoms with van der Waals surface area (Å²) < 4.78 is 0. The van der Waals surface area contributed by atoms with E-state index in [2.05, 4.69) is 55.3 Å². The Morgan fingerprint density at radius 3 is 2.55 bits per heavy atom. The van der Waals surface area contributed by atoms with Crippen LogP contribution in [-0.4, -0.2) is 30.6 Å². The molecule has 0 saturated carbocycles. The van der Waals surface area contributed by atoms with Crippen molar-refractivity contribution in [1.29, 1.82) is 0 Å². The molecule has 0 radical (unpaired) electrons. The van der Waals surface area contributed by atoms with Gasteiger partial charge in [0.15, 0.2) is 0 Å². The fourth-order valence-corrected chi connectivity index (χ4v) is 3.04. The second kappa shape index (κ2) is 7.80. The largest absolute Gasteiger partial charge is 0.309 e. The molecule has 1 atom stereocenters. The van der Waals surface area contributed by atoms with Gasteiger partial charge in [0.2, 0.25) is 0 Å². The van der Waals surface area contributed by atoms with Crippen LogP contribution in [0.2, 0.25) is 0 Å². The van der Waals surface area contributed by atoms with Gasteiger partial charge in [-0.15, -0.1) is 0 Å². The molecule has 0 aromatic heterocycles. The summed E-state index contributed by atoms with van der Waals surface area (Å²) in [5, 5.41) is 3.72. The van der Waals surface area contributed by atoms with Gasteiger partial charge in [-0.2, -0.15) is 0 Å². The highest BCUT2D eigenvalue weighted by Gasteiger charge is 2.17. The summed E-state index contributed by atoms with van der Waals surface area (Å²) in [6.45, 7) is 11.5. The third-order valence-electron chi connectivity index (χ3n) is 4.21. The van der Waals surface area contributed by atoms with Gasteiger partial charge in [0.05, 0.1) is 0 Å². The maximum Gasteiger partial charge on any atom is 0.0208 e. The Morgan fingerprint density at radius 1 is 1.20 bits per heavy atom. The van der Waals surface area contributed by atoms with E-state index in [4.69, 9.17) is 0 Å². The molecule has 1 aromatic carbocycles. The van der Waals surface area contributed by atoms with Crippen LogP contribution in [0.5, 0.6) is 0 Å². The Hall–Kier alpha value is -0.860. The maximum absolute atomic E-state index is 3.72. The third-order valence-corrected chi connectivity index (χ3v) is 4.21. The molecule has 1 saturated heterocycles. The second-order valence-electron chi connectivity index (χ2n) is 6.53. The van der Waals surface area contributed by atoms with Gasteiger partial charge in [0.1, 0.15) is 0 Å². The van der Waals surface area contributed by atoms with Crippen LogP contribution in [0, 0.1) is 5.92 Å². The van der Waals surface area contributed by atoms with Crippen molar-refractivity contribution < 1.29 is 0 Å². The summed E-state index contributed by atoms with van der Waals surface area (Å²) in [6.07, 6.45) is 3.84. The first-order valence-electron chi connectivity index (χ1n) is 8.21. The normalized spacial score (nSPS) is 20.5. The van der Waals surface area contributed by atoms with E-state index in [0.717, 1.165) is 12.5 Å². The number of benzene rings is 1. The first-order valence-corrected chi connectivity index (χ1v) is 8.21. The second-order valence-corrected chi connectivity index (χ2v) is 6.53. The molecule has 1 N–H and O–H groups in total. The summed E-state index contributed by atoms with van der Waals surface area (Å²) in [7, 11) is 0. The molecule has 2 rings (SSSR count). The fraction of sp³-hybridized carbons (Fsp3) is 0.667. The Bertz CT molecular complexity index is 383. The molecule has 0 amide bonds. The highest BCUT2D eigenvalue weighted by Crippen LogP contribution is 2.12. The van der Waals surface area contributed by atoms with Gasteiger partial charge in [0, 0.05) is 19.1 Å². The van der Waals surface area contributed by atoms with Crippen LogP contribution in [0.3, 0.4) is 0 Å². The molecule has 2 heteroatoms. The lowest BCUT2D eigenvalue weighted by molar-refractivity contribution is 0.198. The molecule has 1 fully saturated rings. The molecule has 1 unspecified atom stereocenters. The Kier molecular flexibility index (Phi) is 6.06. The van der Waals surface area contributed by atoms with Gasteiger partial charge in [-0.1, -0.05) is 45.0 Å². The van der Waals surface area contributed by atoms with Gasteiger partial charge in [0.25, 0.3) is 0 Å². The number of likely N-dealkylation sites (tertiary alicyclic amines) is 1. The number of hydrogen-bond acceptors (Lipinski definition) is 2. The van der Waals surface area contributed by atoms with Gasteiger partial charge < -0.3 is 10.2 Å². The van der Waals surface area contributed by atoms with Crippen LogP contribution >= 0.6 is 0 Å². The van der Waals surface area contributed by atoms with Crippen LogP contribution in [-0.2, 0) is 13.0 Å². The van der Waals surface area contributed by atoms with E-state index in [-0.39, 0.29) is 0 Å². The van der Waals surface area contributed by atoms with Crippen molar-refractivity contribution in [2.75, 3.05) is 19.6 Å². The first-order chi connectivity index (χ1) is 9.67. The Labute approximate surface area is 124 Å². The molecule has 20 heavy (non-hydrogen) atoms. The number of piperidine rings is 1. The lowest BCUT2D eigenvalue weighted by atomic mass is 10.0. The number of likely N-dealkylation sites (N-methyl/N-ethyl adjacent to an activating group) is 1. The fourth-order valence-electron chi connectivity index (χ4n) is 3.04. The van der Waals surface area contributed by atoms with Crippen molar-refractivity contribution in [3.05, 3.63) is 35.4 Å². The van der Waals surface area contributed by atoms with Gasteiger partial charge in [-0.05, 0) is 49.4 Å². The summed E-state index contributed by atoms with van der Waals surface area (Å²) in [4.78, 5) is 2.55. The van der Waals surface area contributed by atoms with Gasteiger partial charge in [-0.3, -0.25) is 0 Å². The van der Waals surface area contributed by atoms with Crippen LogP contribution in [0.25, 0.3) is 0 Å². The van der Waals surface area contributed by atoms with E-state index in [1.807, 2.05) is 0 Å². The zero-order valence-electron chi connectivity index (χ0n) is 13.4. The van der Waals surface area contributed by atoms with Crippen LogP contribution < -0.4 is 5.32 Å². The summed E-state index contributed by atoms with van der Waals surface area (Å²) in [5.74, 6) is 0.737. The smallest absolute Gasteiger partial charge is 0.0208 e. The molecule has 1 aliphatic heterocycles. The summed E-state index contributed by atoms with van der Waals surface area (Å²) in [5.41, 5.74) is 2.87. The molecule has 0 spiro atoms. The van der Waals surface area contributed by atoms with Crippen molar-refractivity contribution in [3.8, 4) is 0 Å². The van der Waals surface area contributed by atoms with E-state index in [0.29, 0.717) is 6.04 Å². The van der Waals surface area contributed by atoms with E-state index in [9.17, 15) is 0 Å². The average molecular weight is 274 g/mol. The predicted octanol–water partition coefficient (Wildman–Crippen LogP) is 3.46. The molecular formula is C18H30N2. The standard InChI is InChI=1S/C18H30N2/c1-4-20-11-5-6-18(14-20)19-13-17-9-7-16(8-10-17)12-15(2)3/h7-10,15,18-19H,4-6,11-14H2,1-3H3. The minimum atomic E-state index is 0.666. The highest BCUT2D eigenvalue weighted by atomic mass is 15.2. The van der Waals surface area contributed by atoms with Crippen molar-refractivity contribution in [2.45, 2.75) is 52.6 Å². The predicted molar refractivity (Wildman–Crippen MR) is 87.0 cm³/mol. The van der Waals surface area contributed by atoms with Crippen LogP contribution in [0.1, 0.15) is 44.7 Å². The lowest BCUT2D eigenvalue weighted by Gasteiger charge is -2.32. The Balaban J connectivity index is 1.78. The van der Waals surface area contributed by atoms with E-state index in [1.165, 1.54) is 50.0 Å². The monoisotopic (exact) mass is 274 g/mol. The molecule has 1 aliphatic rings. The lowest BCUT2D eigenvalue weighted by Crippen LogP contribution is -2.45. The SMILES string of the molecule is CCN1CCCC(NCc2ccc(CC(C)C)cc2)C1. The molecule has 1 heterocycles. The number of nitrogens with one attached hydrogen (secondary N) is 1. The van der Waals surface area contributed by atoms with Crippen LogP contribution in [0.4, 0.5) is 0 Å². The number of nitrogens with zero attached hydrogens (tertiary/aromatic N) is 1. The highest BCUT2D eigenvalue weighted by molar-refractivity contribution is 5.22. The van der Waals surface area contributed by atoms with E-state index < -0.39 is 0 Å². The summed E-state index contributed by atoms with van der Waals surface area (Å²) >= 11 is 0. The average Bonchev–Trinajstić information content (AvgIpc) is 2.46. The quantitative estimate of drug-likeness (QED) is 0.854. The zero-order valence-corrected chi connectivity index (χ0v) is 13.4. The number of rotatable bonds is 6. The molecule has 2 nitrogen and oxygen atoms in total. The zero-order chi connectivity index (χ0) is 14.4. The minimum Gasteiger partial charge on any atom is -0.309 e. The third kappa shape index (κ3) is 4.92. The Morgan fingerprint density at radius 2 is 1.90 bits per heavy atom. The van der Waals surface area contributed by atoms with Gasteiger partial charge >= 0.3 is 0 Å². The molecule has 0 bridgehead atoms. The van der Waals surface area contributed by atoms with E-state index >= 15 is 0 Å².